The molecule has 4 nitrogen and oxygen atoms in total. The van der Waals surface area contributed by atoms with Crippen molar-refractivity contribution in [1.82, 2.24) is 19.9 Å². The first-order chi connectivity index (χ1) is 7.92. The van der Waals surface area contributed by atoms with Gasteiger partial charge in [0.25, 0.3) is 0 Å². The molecule has 16 heavy (non-hydrogen) atoms. The van der Waals surface area contributed by atoms with Crippen molar-refractivity contribution < 1.29 is 0 Å². The molecular weight excluding hydrogens is 220 g/mol. The fourth-order valence-electron chi connectivity index (χ4n) is 1.43. The number of nitrogens with one attached hydrogen (secondary N) is 1. The lowest BCUT2D eigenvalue weighted by atomic mass is 10.5. The van der Waals surface area contributed by atoms with Gasteiger partial charge in [-0.2, -0.15) is 0 Å². The summed E-state index contributed by atoms with van der Waals surface area (Å²) < 4.78 is 2.02. The van der Waals surface area contributed by atoms with Gasteiger partial charge in [0.05, 0.1) is 0 Å². The molecule has 86 valence electrons. The van der Waals surface area contributed by atoms with Crippen molar-refractivity contribution in [3.05, 3.63) is 24.4 Å². The van der Waals surface area contributed by atoms with Gasteiger partial charge in [0, 0.05) is 18.5 Å². The van der Waals surface area contributed by atoms with Gasteiger partial charge in [0.1, 0.15) is 0 Å². The van der Waals surface area contributed by atoms with Crippen LogP contribution in [0.4, 0.5) is 0 Å². The van der Waals surface area contributed by atoms with Crippen molar-refractivity contribution in [3.63, 3.8) is 0 Å². The Bertz CT molecular complexity index is 440. The van der Waals surface area contributed by atoms with Crippen LogP contribution in [0.25, 0.3) is 5.65 Å². The Morgan fingerprint density at radius 3 is 3.12 bits per heavy atom. The number of rotatable bonds is 6. The fourth-order valence-corrected chi connectivity index (χ4v) is 2.26. The van der Waals surface area contributed by atoms with Crippen LogP contribution in [0.5, 0.6) is 0 Å². The van der Waals surface area contributed by atoms with Crippen LogP contribution in [0.3, 0.4) is 0 Å². The van der Waals surface area contributed by atoms with Crippen LogP contribution < -0.4 is 5.32 Å². The molecule has 0 aliphatic carbocycles. The third kappa shape index (κ3) is 2.74. The SMILES string of the molecule is CCCNCCSc1nnc2ccccn12. The highest BCUT2D eigenvalue weighted by Gasteiger charge is 2.03. The molecule has 0 atom stereocenters. The van der Waals surface area contributed by atoms with E-state index in [2.05, 4.69) is 22.4 Å². The Labute approximate surface area is 99.5 Å². The summed E-state index contributed by atoms with van der Waals surface area (Å²) in [6, 6.07) is 5.93. The van der Waals surface area contributed by atoms with Gasteiger partial charge in [-0.05, 0) is 25.1 Å². The predicted octanol–water partition coefficient (Wildman–Crippen LogP) is 1.82. The molecule has 0 unspecified atom stereocenters. The van der Waals surface area contributed by atoms with E-state index in [1.807, 2.05) is 28.8 Å². The van der Waals surface area contributed by atoms with Crippen molar-refractivity contribution in [2.75, 3.05) is 18.8 Å². The molecule has 0 aliphatic rings. The predicted molar refractivity (Wildman–Crippen MR) is 66.9 cm³/mol. The second-order valence-corrected chi connectivity index (χ2v) is 4.57. The van der Waals surface area contributed by atoms with E-state index in [1.165, 1.54) is 6.42 Å². The lowest BCUT2D eigenvalue weighted by Gasteiger charge is -2.01. The van der Waals surface area contributed by atoms with Crippen LogP contribution in [0.15, 0.2) is 29.6 Å². The zero-order chi connectivity index (χ0) is 11.2. The molecule has 2 heterocycles. The fraction of sp³-hybridized carbons (Fsp3) is 0.455. The third-order valence-electron chi connectivity index (χ3n) is 2.22. The Morgan fingerprint density at radius 1 is 1.31 bits per heavy atom. The highest BCUT2D eigenvalue weighted by atomic mass is 32.2. The summed E-state index contributed by atoms with van der Waals surface area (Å²) in [6.07, 6.45) is 3.18. The highest BCUT2D eigenvalue weighted by molar-refractivity contribution is 7.99. The van der Waals surface area contributed by atoms with Crippen molar-refractivity contribution in [2.24, 2.45) is 0 Å². The Kier molecular flexibility index (Phi) is 4.18. The lowest BCUT2D eigenvalue weighted by molar-refractivity contribution is 0.707. The van der Waals surface area contributed by atoms with E-state index in [4.69, 9.17) is 0 Å². The summed E-state index contributed by atoms with van der Waals surface area (Å²) in [5.41, 5.74) is 0.909. The Hall–Kier alpha value is -1.07. The summed E-state index contributed by atoms with van der Waals surface area (Å²) in [5.74, 6) is 1.02. The standard InChI is InChI=1S/C11H16N4S/c1-2-6-12-7-9-16-11-14-13-10-5-3-4-8-15(10)11/h3-5,8,12H,2,6-7,9H2,1H3. The summed E-state index contributed by atoms with van der Waals surface area (Å²) in [4.78, 5) is 0. The van der Waals surface area contributed by atoms with E-state index in [0.717, 1.165) is 29.6 Å². The van der Waals surface area contributed by atoms with Gasteiger partial charge >= 0.3 is 0 Å². The number of aromatic nitrogens is 3. The molecule has 0 spiro atoms. The zero-order valence-corrected chi connectivity index (χ0v) is 10.2. The second kappa shape index (κ2) is 5.86. The third-order valence-corrected chi connectivity index (χ3v) is 3.16. The summed E-state index contributed by atoms with van der Waals surface area (Å²) >= 11 is 1.73. The van der Waals surface area contributed by atoms with Gasteiger partial charge in [-0.25, -0.2) is 0 Å². The lowest BCUT2D eigenvalue weighted by Crippen LogP contribution is -2.17. The maximum absolute atomic E-state index is 4.16. The minimum atomic E-state index is 0.909. The molecule has 0 radical (unpaired) electrons. The van der Waals surface area contributed by atoms with Crippen molar-refractivity contribution in [3.8, 4) is 0 Å². The maximum Gasteiger partial charge on any atom is 0.195 e. The summed E-state index contributed by atoms with van der Waals surface area (Å²) in [5, 5.41) is 12.6. The molecule has 1 N–H and O–H groups in total. The number of thioether (sulfide) groups is 1. The van der Waals surface area contributed by atoms with E-state index in [0.29, 0.717) is 0 Å². The number of hydrogen-bond acceptors (Lipinski definition) is 4. The van der Waals surface area contributed by atoms with Crippen LogP contribution in [-0.4, -0.2) is 33.4 Å². The van der Waals surface area contributed by atoms with Gasteiger partial charge < -0.3 is 5.32 Å². The summed E-state index contributed by atoms with van der Waals surface area (Å²) in [6.45, 7) is 4.27. The largest absolute Gasteiger partial charge is 0.316 e. The smallest absolute Gasteiger partial charge is 0.195 e. The molecule has 0 amide bonds. The van der Waals surface area contributed by atoms with Gasteiger partial charge in [0.15, 0.2) is 10.8 Å². The van der Waals surface area contributed by atoms with Gasteiger partial charge in [-0.3, -0.25) is 4.40 Å². The van der Waals surface area contributed by atoms with Crippen LogP contribution in [0, 0.1) is 0 Å². The number of fused-ring (bicyclic) bond motifs is 1. The van der Waals surface area contributed by atoms with E-state index in [1.54, 1.807) is 11.8 Å². The molecule has 2 rings (SSSR count). The number of pyridine rings is 1. The minimum absolute atomic E-state index is 0.909. The van der Waals surface area contributed by atoms with E-state index in [9.17, 15) is 0 Å². The monoisotopic (exact) mass is 236 g/mol. The van der Waals surface area contributed by atoms with Gasteiger partial charge in [-0.1, -0.05) is 24.8 Å². The molecule has 0 aromatic carbocycles. The molecule has 5 heteroatoms. The first kappa shape index (κ1) is 11.4. The molecule has 0 saturated carbocycles. The summed E-state index contributed by atoms with van der Waals surface area (Å²) in [7, 11) is 0. The quantitative estimate of drug-likeness (QED) is 0.613. The average Bonchev–Trinajstić information content (AvgIpc) is 2.73. The molecule has 0 saturated heterocycles. The van der Waals surface area contributed by atoms with Crippen LogP contribution in [0.1, 0.15) is 13.3 Å². The van der Waals surface area contributed by atoms with Crippen molar-refractivity contribution in [2.45, 2.75) is 18.5 Å². The number of nitrogens with zero attached hydrogens (tertiary/aromatic N) is 3. The zero-order valence-electron chi connectivity index (χ0n) is 9.39. The van der Waals surface area contributed by atoms with Crippen molar-refractivity contribution in [1.29, 1.82) is 0 Å². The van der Waals surface area contributed by atoms with Gasteiger partial charge in [-0.15, -0.1) is 10.2 Å². The van der Waals surface area contributed by atoms with Gasteiger partial charge in [0.2, 0.25) is 0 Å². The first-order valence-electron chi connectivity index (χ1n) is 5.55. The molecule has 2 aromatic rings. The van der Waals surface area contributed by atoms with Crippen molar-refractivity contribution >= 4 is 17.4 Å². The highest BCUT2D eigenvalue weighted by Crippen LogP contribution is 2.15. The van der Waals surface area contributed by atoms with E-state index >= 15 is 0 Å². The molecule has 0 aliphatic heterocycles. The first-order valence-corrected chi connectivity index (χ1v) is 6.53. The minimum Gasteiger partial charge on any atom is -0.316 e. The van der Waals surface area contributed by atoms with Crippen LogP contribution in [-0.2, 0) is 0 Å². The molecule has 2 aromatic heterocycles. The van der Waals surface area contributed by atoms with Crippen LogP contribution >= 0.6 is 11.8 Å². The van der Waals surface area contributed by atoms with E-state index in [-0.39, 0.29) is 0 Å². The number of hydrogen-bond donors (Lipinski definition) is 1. The van der Waals surface area contributed by atoms with Crippen LogP contribution in [0.2, 0.25) is 0 Å². The molecule has 0 fully saturated rings. The van der Waals surface area contributed by atoms with E-state index < -0.39 is 0 Å². The molecule has 0 bridgehead atoms. The normalized spacial score (nSPS) is 11.1. The topological polar surface area (TPSA) is 42.2 Å². The molecular formula is C11H16N4S. The maximum atomic E-state index is 4.16. The Balaban J connectivity index is 1.89. The Morgan fingerprint density at radius 2 is 2.25 bits per heavy atom. The average molecular weight is 236 g/mol. The second-order valence-electron chi connectivity index (χ2n) is 3.51.